The number of methoxy groups -OCH3 is 1. The number of carbonyl (C=O) groups excluding carboxylic acids is 1. The molecule has 3 atom stereocenters. The number of carbonyl (C=O) groups is 1. The molecule has 0 amide bonds. The van der Waals surface area contributed by atoms with Crippen LogP contribution in [0.3, 0.4) is 0 Å². The molecule has 0 radical (unpaired) electrons. The molecule has 5 heteroatoms. The Morgan fingerprint density at radius 3 is 2.85 bits per heavy atom. The summed E-state index contributed by atoms with van der Waals surface area (Å²) in [6.45, 7) is 4.53. The lowest BCUT2D eigenvalue weighted by atomic mass is 9.80. The number of nitrogens with one attached hydrogen (secondary N) is 1. The Labute approximate surface area is 119 Å². The molecule has 0 spiro atoms. The summed E-state index contributed by atoms with van der Waals surface area (Å²) in [5.41, 5.74) is 6.75. The minimum atomic E-state index is -0.432. The molecule has 0 aromatic carbocycles. The number of hydrogen-bond acceptors (Lipinski definition) is 5. The van der Waals surface area contributed by atoms with Crippen LogP contribution in [-0.2, 0) is 4.74 Å². The highest BCUT2D eigenvalue weighted by Crippen LogP contribution is 2.32. The maximum absolute atomic E-state index is 11.6. The second-order valence-corrected chi connectivity index (χ2v) is 5.76. The summed E-state index contributed by atoms with van der Waals surface area (Å²) in [5, 5.41) is 3.39. The maximum atomic E-state index is 11.6. The second kappa shape index (κ2) is 6.11. The van der Waals surface area contributed by atoms with Crippen LogP contribution < -0.4 is 11.1 Å². The van der Waals surface area contributed by atoms with Crippen molar-refractivity contribution in [2.24, 2.45) is 11.8 Å². The van der Waals surface area contributed by atoms with Gasteiger partial charge in [-0.25, -0.2) is 9.78 Å². The van der Waals surface area contributed by atoms with Crippen LogP contribution in [0.15, 0.2) is 12.3 Å². The monoisotopic (exact) mass is 277 g/mol. The Balaban J connectivity index is 2.15. The molecular weight excluding hydrogens is 254 g/mol. The molecule has 3 unspecified atom stereocenters. The lowest BCUT2D eigenvalue weighted by molar-refractivity contribution is 0.0602. The van der Waals surface area contributed by atoms with Gasteiger partial charge in [0.25, 0.3) is 0 Å². The van der Waals surface area contributed by atoms with Gasteiger partial charge in [-0.1, -0.05) is 13.8 Å². The fourth-order valence-electron chi connectivity index (χ4n) is 2.93. The number of pyridine rings is 1. The van der Waals surface area contributed by atoms with E-state index in [1.165, 1.54) is 20.0 Å². The molecular formula is C15H23N3O2. The SMILES string of the molecule is COC(=O)c1ccnc(NC2CCC(C)CC2C)c1N. The van der Waals surface area contributed by atoms with Crippen molar-refractivity contribution in [1.29, 1.82) is 0 Å². The number of nitrogens with zero attached hydrogens (tertiary/aromatic N) is 1. The quantitative estimate of drug-likeness (QED) is 0.831. The Bertz CT molecular complexity index is 490. The van der Waals surface area contributed by atoms with Crippen LogP contribution in [0.4, 0.5) is 11.5 Å². The van der Waals surface area contributed by atoms with Crippen LogP contribution in [0.5, 0.6) is 0 Å². The Kier molecular flexibility index (Phi) is 4.47. The van der Waals surface area contributed by atoms with E-state index in [9.17, 15) is 4.79 Å². The van der Waals surface area contributed by atoms with Gasteiger partial charge in [-0.05, 0) is 37.2 Å². The van der Waals surface area contributed by atoms with Gasteiger partial charge in [0.05, 0.1) is 18.4 Å². The van der Waals surface area contributed by atoms with E-state index >= 15 is 0 Å². The summed E-state index contributed by atoms with van der Waals surface area (Å²) in [6, 6.07) is 1.94. The van der Waals surface area contributed by atoms with Crippen LogP contribution in [0, 0.1) is 11.8 Å². The number of nitrogens with two attached hydrogens (primary N) is 1. The lowest BCUT2D eigenvalue weighted by Gasteiger charge is -2.33. The predicted octanol–water partition coefficient (Wildman–Crippen LogP) is 2.69. The largest absolute Gasteiger partial charge is 0.465 e. The van der Waals surface area contributed by atoms with Crippen molar-refractivity contribution in [1.82, 2.24) is 4.98 Å². The number of nitrogen functional groups attached to an aromatic ring is 1. The standard InChI is InChI=1S/C15H23N3O2/c1-9-4-5-12(10(2)8-9)18-14-13(16)11(6-7-17-14)15(19)20-3/h6-7,9-10,12H,4-5,8,16H2,1-3H3,(H,17,18). The average Bonchev–Trinajstić information content (AvgIpc) is 2.43. The van der Waals surface area contributed by atoms with Gasteiger partial charge >= 0.3 is 5.97 Å². The zero-order valence-electron chi connectivity index (χ0n) is 12.3. The third kappa shape index (κ3) is 3.03. The third-order valence-corrected chi connectivity index (χ3v) is 4.15. The minimum absolute atomic E-state index is 0.355. The molecule has 0 aliphatic heterocycles. The van der Waals surface area contributed by atoms with Crippen molar-refractivity contribution in [3.8, 4) is 0 Å². The van der Waals surface area contributed by atoms with Crippen molar-refractivity contribution in [2.45, 2.75) is 39.2 Å². The van der Waals surface area contributed by atoms with E-state index in [2.05, 4.69) is 24.1 Å². The fraction of sp³-hybridized carbons (Fsp3) is 0.600. The van der Waals surface area contributed by atoms with Crippen LogP contribution in [0.25, 0.3) is 0 Å². The van der Waals surface area contributed by atoms with Crippen molar-refractivity contribution in [3.63, 3.8) is 0 Å². The molecule has 1 aromatic rings. The molecule has 5 nitrogen and oxygen atoms in total. The highest BCUT2D eigenvalue weighted by atomic mass is 16.5. The normalized spacial score (nSPS) is 26.1. The van der Waals surface area contributed by atoms with Crippen molar-refractivity contribution >= 4 is 17.5 Å². The molecule has 20 heavy (non-hydrogen) atoms. The van der Waals surface area contributed by atoms with Crippen LogP contribution in [0.2, 0.25) is 0 Å². The molecule has 1 aromatic heterocycles. The average molecular weight is 277 g/mol. The molecule has 1 saturated carbocycles. The van der Waals surface area contributed by atoms with Gasteiger partial charge in [0.1, 0.15) is 5.82 Å². The van der Waals surface area contributed by atoms with Gasteiger partial charge in [0.2, 0.25) is 0 Å². The maximum Gasteiger partial charge on any atom is 0.340 e. The Morgan fingerprint density at radius 1 is 1.45 bits per heavy atom. The summed E-state index contributed by atoms with van der Waals surface area (Å²) >= 11 is 0. The molecule has 2 rings (SSSR count). The third-order valence-electron chi connectivity index (χ3n) is 4.15. The summed E-state index contributed by atoms with van der Waals surface area (Å²) in [5.74, 6) is 1.49. The van der Waals surface area contributed by atoms with Gasteiger partial charge in [0, 0.05) is 12.2 Å². The second-order valence-electron chi connectivity index (χ2n) is 5.76. The molecule has 0 saturated heterocycles. The van der Waals surface area contributed by atoms with E-state index in [1.54, 1.807) is 12.3 Å². The van der Waals surface area contributed by atoms with Crippen LogP contribution in [-0.4, -0.2) is 24.1 Å². The number of ether oxygens (including phenoxy) is 1. The van der Waals surface area contributed by atoms with Crippen molar-refractivity contribution < 1.29 is 9.53 Å². The highest BCUT2D eigenvalue weighted by molar-refractivity contribution is 5.97. The first-order valence-corrected chi connectivity index (χ1v) is 7.12. The van der Waals surface area contributed by atoms with Crippen molar-refractivity contribution in [3.05, 3.63) is 17.8 Å². The first kappa shape index (κ1) is 14.6. The van der Waals surface area contributed by atoms with E-state index in [0.29, 0.717) is 29.0 Å². The topological polar surface area (TPSA) is 77.2 Å². The van der Waals surface area contributed by atoms with Crippen LogP contribution >= 0.6 is 0 Å². The highest BCUT2D eigenvalue weighted by Gasteiger charge is 2.26. The van der Waals surface area contributed by atoms with E-state index in [0.717, 1.165) is 12.3 Å². The fourth-order valence-corrected chi connectivity index (χ4v) is 2.93. The number of esters is 1. The minimum Gasteiger partial charge on any atom is -0.465 e. The van der Waals surface area contributed by atoms with E-state index in [1.807, 2.05) is 0 Å². The van der Waals surface area contributed by atoms with Gasteiger partial charge in [-0.2, -0.15) is 0 Å². The molecule has 3 N–H and O–H groups in total. The molecule has 1 aliphatic rings. The number of rotatable bonds is 3. The number of anilines is 2. The first-order chi connectivity index (χ1) is 9.52. The molecule has 1 heterocycles. The zero-order valence-corrected chi connectivity index (χ0v) is 12.3. The summed E-state index contributed by atoms with van der Waals surface area (Å²) in [4.78, 5) is 15.9. The van der Waals surface area contributed by atoms with Gasteiger partial charge in [0.15, 0.2) is 0 Å². The van der Waals surface area contributed by atoms with E-state index in [4.69, 9.17) is 10.5 Å². The smallest absolute Gasteiger partial charge is 0.340 e. The predicted molar refractivity (Wildman–Crippen MR) is 79.6 cm³/mol. The summed E-state index contributed by atoms with van der Waals surface area (Å²) in [7, 11) is 1.35. The summed E-state index contributed by atoms with van der Waals surface area (Å²) in [6.07, 6.45) is 5.10. The van der Waals surface area contributed by atoms with E-state index in [-0.39, 0.29) is 0 Å². The first-order valence-electron chi connectivity index (χ1n) is 7.12. The van der Waals surface area contributed by atoms with Crippen LogP contribution in [0.1, 0.15) is 43.5 Å². The Morgan fingerprint density at radius 2 is 2.20 bits per heavy atom. The number of hydrogen-bond donors (Lipinski definition) is 2. The van der Waals surface area contributed by atoms with E-state index < -0.39 is 5.97 Å². The molecule has 110 valence electrons. The van der Waals surface area contributed by atoms with Crippen molar-refractivity contribution in [2.75, 3.05) is 18.2 Å². The lowest BCUT2D eigenvalue weighted by Crippen LogP contribution is -2.33. The molecule has 1 aliphatic carbocycles. The molecule has 1 fully saturated rings. The zero-order chi connectivity index (χ0) is 14.7. The molecule has 0 bridgehead atoms. The number of aromatic nitrogens is 1. The van der Waals surface area contributed by atoms with Gasteiger partial charge in [-0.3, -0.25) is 0 Å². The van der Waals surface area contributed by atoms with Gasteiger partial charge in [-0.15, -0.1) is 0 Å². The van der Waals surface area contributed by atoms with Gasteiger partial charge < -0.3 is 15.8 Å². The summed E-state index contributed by atoms with van der Waals surface area (Å²) < 4.78 is 4.72. The Hall–Kier alpha value is -1.78.